The van der Waals surface area contributed by atoms with E-state index in [0.29, 0.717) is 26.3 Å². The summed E-state index contributed by atoms with van der Waals surface area (Å²) in [5.41, 5.74) is 0. The fourth-order valence-electron chi connectivity index (χ4n) is 2.57. The number of carbonyl (C=O) groups excluding carboxylic acids is 1. The Kier molecular flexibility index (Phi) is 5.82. The average Bonchev–Trinajstić information content (AvgIpc) is 3.01. The van der Waals surface area contributed by atoms with Crippen LogP contribution >= 0.6 is 0 Å². The number of morpholine rings is 1. The Balaban J connectivity index is 1.95. The van der Waals surface area contributed by atoms with E-state index in [1.54, 1.807) is 0 Å². The van der Waals surface area contributed by atoms with Crippen molar-refractivity contribution >= 4 is 5.91 Å². The van der Waals surface area contributed by atoms with Crippen molar-refractivity contribution in [3.63, 3.8) is 0 Å². The molecule has 1 aliphatic rings. The standard InChI is InChI=1S/C16H26N2O3/c1-4-13-6-7-15(21-13)12(3)17-14(5-2)16(19)18-8-10-20-11-9-18/h6-7,12,14,17H,4-5,8-11H2,1-3H3/t12-,14+/m0/s1. The normalized spacial score (nSPS) is 18.5. The van der Waals surface area contributed by atoms with Gasteiger partial charge in [0.05, 0.1) is 25.3 Å². The zero-order chi connectivity index (χ0) is 15.2. The van der Waals surface area contributed by atoms with Crippen molar-refractivity contribution in [3.05, 3.63) is 23.7 Å². The van der Waals surface area contributed by atoms with Gasteiger partial charge in [0.15, 0.2) is 0 Å². The number of nitrogens with one attached hydrogen (secondary N) is 1. The minimum atomic E-state index is -0.173. The van der Waals surface area contributed by atoms with Crippen LogP contribution in [0.3, 0.4) is 0 Å². The van der Waals surface area contributed by atoms with Gasteiger partial charge in [0, 0.05) is 19.5 Å². The number of amides is 1. The monoisotopic (exact) mass is 294 g/mol. The fourth-order valence-corrected chi connectivity index (χ4v) is 2.57. The third-order valence-electron chi connectivity index (χ3n) is 3.94. The van der Waals surface area contributed by atoms with Crippen LogP contribution in [-0.2, 0) is 16.0 Å². The van der Waals surface area contributed by atoms with Crippen molar-refractivity contribution < 1.29 is 13.9 Å². The Morgan fingerprint density at radius 3 is 2.62 bits per heavy atom. The van der Waals surface area contributed by atoms with Crippen LogP contribution in [0.4, 0.5) is 0 Å². The quantitative estimate of drug-likeness (QED) is 0.873. The topological polar surface area (TPSA) is 54.7 Å². The van der Waals surface area contributed by atoms with Crippen molar-refractivity contribution in [1.29, 1.82) is 0 Å². The van der Waals surface area contributed by atoms with Gasteiger partial charge in [-0.15, -0.1) is 0 Å². The third-order valence-corrected chi connectivity index (χ3v) is 3.94. The van der Waals surface area contributed by atoms with Crippen molar-refractivity contribution in [2.45, 2.75) is 45.7 Å². The van der Waals surface area contributed by atoms with Gasteiger partial charge in [0.25, 0.3) is 0 Å². The molecule has 0 aliphatic carbocycles. The Morgan fingerprint density at radius 1 is 1.33 bits per heavy atom. The first-order valence-corrected chi connectivity index (χ1v) is 7.86. The van der Waals surface area contributed by atoms with Crippen LogP contribution in [0, 0.1) is 0 Å². The number of hydrogen-bond donors (Lipinski definition) is 1. The van der Waals surface area contributed by atoms with E-state index in [1.165, 1.54) is 0 Å². The minimum absolute atomic E-state index is 0.0280. The molecule has 118 valence electrons. The summed E-state index contributed by atoms with van der Waals surface area (Å²) >= 11 is 0. The van der Waals surface area contributed by atoms with Gasteiger partial charge in [0.2, 0.25) is 5.91 Å². The second-order valence-corrected chi connectivity index (χ2v) is 5.44. The maximum absolute atomic E-state index is 12.5. The predicted molar refractivity (Wildman–Crippen MR) is 81.1 cm³/mol. The number of ether oxygens (including phenoxy) is 1. The molecule has 1 aromatic heterocycles. The maximum Gasteiger partial charge on any atom is 0.239 e. The van der Waals surface area contributed by atoms with Crippen LogP contribution in [0.15, 0.2) is 16.5 Å². The van der Waals surface area contributed by atoms with E-state index in [0.717, 1.165) is 24.4 Å². The highest BCUT2D eigenvalue weighted by molar-refractivity contribution is 5.82. The van der Waals surface area contributed by atoms with Crippen LogP contribution in [0.25, 0.3) is 0 Å². The Labute approximate surface area is 126 Å². The summed E-state index contributed by atoms with van der Waals surface area (Å²) in [7, 11) is 0. The lowest BCUT2D eigenvalue weighted by molar-refractivity contribution is -0.137. The van der Waals surface area contributed by atoms with Gasteiger partial charge in [-0.2, -0.15) is 0 Å². The molecule has 5 heteroatoms. The van der Waals surface area contributed by atoms with Crippen LogP contribution in [0.2, 0.25) is 0 Å². The summed E-state index contributed by atoms with van der Waals surface area (Å²) in [6.07, 6.45) is 1.65. The summed E-state index contributed by atoms with van der Waals surface area (Å²) in [6, 6.07) is 3.84. The summed E-state index contributed by atoms with van der Waals surface area (Å²) in [4.78, 5) is 14.4. The smallest absolute Gasteiger partial charge is 0.239 e. The molecular weight excluding hydrogens is 268 g/mol. The molecule has 5 nitrogen and oxygen atoms in total. The SMILES string of the molecule is CCc1ccc([C@H](C)N[C@H](CC)C(=O)N2CCOCC2)o1. The highest BCUT2D eigenvalue weighted by Gasteiger charge is 2.26. The first-order valence-electron chi connectivity index (χ1n) is 7.86. The van der Waals surface area contributed by atoms with Gasteiger partial charge in [-0.3, -0.25) is 10.1 Å². The average molecular weight is 294 g/mol. The lowest BCUT2D eigenvalue weighted by Crippen LogP contribution is -2.50. The predicted octanol–water partition coefficient (Wildman–Crippen LogP) is 2.13. The van der Waals surface area contributed by atoms with Gasteiger partial charge in [0.1, 0.15) is 11.5 Å². The number of rotatable bonds is 6. The van der Waals surface area contributed by atoms with E-state index in [4.69, 9.17) is 9.15 Å². The summed E-state index contributed by atoms with van der Waals surface area (Å²) in [6.45, 7) is 8.77. The summed E-state index contributed by atoms with van der Waals surface area (Å²) < 4.78 is 11.1. The third kappa shape index (κ3) is 4.08. The zero-order valence-electron chi connectivity index (χ0n) is 13.2. The van der Waals surface area contributed by atoms with Gasteiger partial charge >= 0.3 is 0 Å². The molecule has 1 aromatic rings. The van der Waals surface area contributed by atoms with Crippen molar-refractivity contribution in [1.82, 2.24) is 10.2 Å². The Hall–Kier alpha value is -1.33. The van der Waals surface area contributed by atoms with E-state index >= 15 is 0 Å². The van der Waals surface area contributed by atoms with E-state index in [-0.39, 0.29) is 18.0 Å². The molecule has 0 bridgehead atoms. The van der Waals surface area contributed by atoms with Gasteiger partial charge in [-0.25, -0.2) is 0 Å². The van der Waals surface area contributed by atoms with Gasteiger partial charge in [-0.1, -0.05) is 13.8 Å². The molecule has 0 spiro atoms. The summed E-state index contributed by atoms with van der Waals surface area (Å²) in [5, 5.41) is 3.39. The molecular formula is C16H26N2O3. The molecule has 0 saturated carbocycles. The zero-order valence-corrected chi connectivity index (χ0v) is 13.2. The van der Waals surface area contributed by atoms with E-state index in [9.17, 15) is 4.79 Å². The van der Waals surface area contributed by atoms with E-state index in [2.05, 4.69) is 12.2 Å². The van der Waals surface area contributed by atoms with Crippen LogP contribution in [0.1, 0.15) is 44.8 Å². The van der Waals surface area contributed by atoms with Gasteiger partial charge < -0.3 is 14.1 Å². The number of furan rings is 1. The lowest BCUT2D eigenvalue weighted by Gasteiger charge is -2.31. The van der Waals surface area contributed by atoms with Gasteiger partial charge in [-0.05, 0) is 25.5 Å². The molecule has 2 atom stereocenters. The molecule has 2 rings (SSSR count). The van der Waals surface area contributed by atoms with Crippen LogP contribution in [-0.4, -0.2) is 43.2 Å². The highest BCUT2D eigenvalue weighted by Crippen LogP contribution is 2.18. The molecule has 0 aromatic carbocycles. The van der Waals surface area contributed by atoms with Crippen molar-refractivity contribution in [2.24, 2.45) is 0 Å². The van der Waals surface area contributed by atoms with Crippen molar-refractivity contribution in [2.75, 3.05) is 26.3 Å². The van der Waals surface area contributed by atoms with E-state index < -0.39 is 0 Å². The lowest BCUT2D eigenvalue weighted by atomic mass is 10.1. The fraction of sp³-hybridized carbons (Fsp3) is 0.688. The van der Waals surface area contributed by atoms with Crippen LogP contribution < -0.4 is 5.32 Å². The molecule has 1 N–H and O–H groups in total. The Bertz CT molecular complexity index is 452. The van der Waals surface area contributed by atoms with Crippen molar-refractivity contribution in [3.8, 4) is 0 Å². The van der Waals surface area contributed by atoms with Crippen LogP contribution in [0.5, 0.6) is 0 Å². The molecule has 1 amide bonds. The largest absolute Gasteiger partial charge is 0.464 e. The number of carbonyl (C=O) groups is 1. The summed E-state index contributed by atoms with van der Waals surface area (Å²) in [5.74, 6) is 2.03. The second kappa shape index (κ2) is 7.61. The maximum atomic E-state index is 12.5. The number of aryl methyl sites for hydroxylation is 1. The van der Waals surface area contributed by atoms with E-state index in [1.807, 2.05) is 30.9 Å². The highest BCUT2D eigenvalue weighted by atomic mass is 16.5. The molecule has 1 fully saturated rings. The molecule has 1 saturated heterocycles. The first kappa shape index (κ1) is 16.0. The Morgan fingerprint density at radius 2 is 2.05 bits per heavy atom. The first-order chi connectivity index (χ1) is 10.2. The number of nitrogens with zero attached hydrogens (tertiary/aromatic N) is 1. The molecule has 0 radical (unpaired) electrons. The number of hydrogen-bond acceptors (Lipinski definition) is 4. The molecule has 1 aliphatic heterocycles. The molecule has 0 unspecified atom stereocenters. The molecule has 21 heavy (non-hydrogen) atoms. The minimum Gasteiger partial charge on any atom is -0.464 e. The molecule has 2 heterocycles. The second-order valence-electron chi connectivity index (χ2n) is 5.44.